The zero-order chi connectivity index (χ0) is 34.3. The van der Waals surface area contributed by atoms with Crippen LogP contribution in [0.1, 0.15) is 56.8 Å². The molecule has 0 saturated carbocycles. The highest BCUT2D eigenvalue weighted by Gasteiger charge is 2.33. The molecule has 0 aromatic heterocycles. The van der Waals surface area contributed by atoms with Crippen LogP contribution in [-0.2, 0) is 38.4 Å². The monoisotopic (exact) mass is 635 g/mol. The van der Waals surface area contributed by atoms with Crippen molar-refractivity contribution >= 4 is 53.2 Å². The van der Waals surface area contributed by atoms with Gasteiger partial charge in [-0.1, -0.05) is 32.0 Å². The summed E-state index contributed by atoms with van der Waals surface area (Å²) in [5.74, 6) is -10.3. The lowest BCUT2D eigenvalue weighted by molar-refractivity contribution is -0.142. The largest absolute Gasteiger partial charge is 0.481 e. The van der Waals surface area contributed by atoms with Gasteiger partial charge in [0.15, 0.2) is 5.78 Å². The molecule has 0 heterocycles. The van der Waals surface area contributed by atoms with Crippen molar-refractivity contribution < 1.29 is 58.5 Å². The molecule has 1 rings (SSSR count). The summed E-state index contributed by atoms with van der Waals surface area (Å²) in [4.78, 5) is 109. The summed E-state index contributed by atoms with van der Waals surface area (Å²) in [5, 5.41) is 38.7. The molecule has 0 unspecified atom stereocenters. The van der Waals surface area contributed by atoms with Crippen molar-refractivity contribution in [2.75, 3.05) is 6.54 Å². The number of amides is 5. The van der Waals surface area contributed by atoms with Crippen molar-refractivity contribution in [1.29, 1.82) is 0 Å². The Bertz CT molecular complexity index is 1270. The Morgan fingerprint density at radius 3 is 1.71 bits per heavy atom. The molecule has 0 fully saturated rings. The number of carboxylic acids is 3. The lowest BCUT2D eigenvalue weighted by atomic mass is 10.0. The Hall–Kier alpha value is -5.35. The van der Waals surface area contributed by atoms with Crippen LogP contribution in [0.25, 0.3) is 0 Å². The maximum atomic E-state index is 13.2. The number of hydrogen-bond acceptors (Lipinski definition) is 9. The summed E-state index contributed by atoms with van der Waals surface area (Å²) >= 11 is 0. The van der Waals surface area contributed by atoms with Crippen LogP contribution in [0.3, 0.4) is 0 Å². The molecule has 0 saturated heterocycles. The molecule has 246 valence electrons. The van der Waals surface area contributed by atoms with Gasteiger partial charge in [-0.05, 0) is 24.5 Å². The van der Waals surface area contributed by atoms with E-state index < -0.39 is 116 Å². The van der Waals surface area contributed by atoms with Gasteiger partial charge in [-0.2, -0.15) is 0 Å². The second-order valence-electron chi connectivity index (χ2n) is 10.2. The molecule has 0 radical (unpaired) electrons. The minimum absolute atomic E-state index is 0.239. The van der Waals surface area contributed by atoms with Crippen molar-refractivity contribution in [3.05, 3.63) is 35.9 Å². The lowest BCUT2D eigenvalue weighted by Crippen LogP contribution is -2.59. The summed E-state index contributed by atoms with van der Waals surface area (Å²) in [7, 11) is 0. The molecule has 4 atom stereocenters. The number of carbonyl (C=O) groups excluding carboxylic acids is 6. The van der Waals surface area contributed by atoms with Gasteiger partial charge in [-0.15, -0.1) is 0 Å². The molecule has 8 N–H and O–H groups in total. The Kier molecular flexibility index (Phi) is 15.4. The van der Waals surface area contributed by atoms with Crippen LogP contribution in [0.5, 0.6) is 0 Å². The predicted octanol–water partition coefficient (Wildman–Crippen LogP) is -1.59. The Labute approximate surface area is 257 Å². The highest BCUT2D eigenvalue weighted by atomic mass is 16.4. The second-order valence-corrected chi connectivity index (χ2v) is 10.2. The average molecular weight is 636 g/mol. The molecule has 1 aromatic carbocycles. The number of carbonyl (C=O) groups is 9. The minimum atomic E-state index is -1.61. The van der Waals surface area contributed by atoms with E-state index >= 15 is 0 Å². The highest BCUT2D eigenvalue weighted by molar-refractivity contribution is 6.00. The fourth-order valence-corrected chi connectivity index (χ4v) is 3.89. The first-order chi connectivity index (χ1) is 21.0. The highest BCUT2D eigenvalue weighted by Crippen LogP contribution is 2.08. The fourth-order valence-electron chi connectivity index (χ4n) is 3.89. The number of ketones is 1. The number of hydrogen-bond donors (Lipinski definition) is 8. The summed E-state index contributed by atoms with van der Waals surface area (Å²) in [6.45, 7) is 3.41. The van der Waals surface area contributed by atoms with Gasteiger partial charge in [0.1, 0.15) is 18.1 Å². The molecule has 17 nitrogen and oxygen atoms in total. The van der Waals surface area contributed by atoms with E-state index in [0.717, 1.165) is 6.92 Å². The van der Waals surface area contributed by atoms with Crippen LogP contribution in [0.15, 0.2) is 30.3 Å². The van der Waals surface area contributed by atoms with Crippen LogP contribution in [0.2, 0.25) is 0 Å². The molecule has 45 heavy (non-hydrogen) atoms. The Morgan fingerprint density at radius 1 is 0.667 bits per heavy atom. The summed E-state index contributed by atoms with van der Waals surface area (Å²) < 4.78 is 0. The number of benzene rings is 1. The average Bonchev–Trinajstić information content (AvgIpc) is 2.94. The van der Waals surface area contributed by atoms with E-state index in [9.17, 15) is 48.3 Å². The second kappa shape index (κ2) is 18.3. The maximum Gasteiger partial charge on any atom is 0.305 e. The van der Waals surface area contributed by atoms with Crippen molar-refractivity contribution in [2.45, 2.75) is 70.6 Å². The van der Waals surface area contributed by atoms with E-state index in [1.165, 1.54) is 26.0 Å². The van der Waals surface area contributed by atoms with E-state index in [0.29, 0.717) is 0 Å². The van der Waals surface area contributed by atoms with Gasteiger partial charge in [-0.25, -0.2) is 0 Å². The van der Waals surface area contributed by atoms with Crippen molar-refractivity contribution in [2.24, 2.45) is 5.92 Å². The van der Waals surface area contributed by atoms with Gasteiger partial charge < -0.3 is 41.9 Å². The summed E-state index contributed by atoms with van der Waals surface area (Å²) in [6, 6.07) is 1.62. The zero-order valence-corrected chi connectivity index (χ0v) is 24.8. The van der Waals surface area contributed by atoms with Gasteiger partial charge in [0.2, 0.25) is 23.6 Å². The predicted molar refractivity (Wildman–Crippen MR) is 153 cm³/mol. The van der Waals surface area contributed by atoms with Crippen LogP contribution in [0.4, 0.5) is 0 Å². The van der Waals surface area contributed by atoms with Crippen LogP contribution < -0.4 is 26.6 Å². The van der Waals surface area contributed by atoms with Crippen molar-refractivity contribution in [3.8, 4) is 0 Å². The Balaban J connectivity index is 3.09. The smallest absolute Gasteiger partial charge is 0.305 e. The molecule has 17 heteroatoms. The topological polar surface area (TPSA) is 274 Å². The molecule has 0 aliphatic heterocycles. The van der Waals surface area contributed by atoms with Crippen LogP contribution >= 0.6 is 0 Å². The van der Waals surface area contributed by atoms with Crippen molar-refractivity contribution in [1.82, 2.24) is 26.6 Å². The quantitative estimate of drug-likeness (QED) is 0.0855. The summed E-state index contributed by atoms with van der Waals surface area (Å²) in [6.07, 6.45) is -2.80. The Morgan fingerprint density at radius 2 is 1.20 bits per heavy atom. The third-order valence-electron chi connectivity index (χ3n) is 6.14. The number of rotatable bonds is 19. The molecular formula is C28H37N5O12. The molecule has 0 bridgehead atoms. The first-order valence-electron chi connectivity index (χ1n) is 13.7. The maximum absolute atomic E-state index is 13.2. The number of nitrogens with one attached hydrogen (secondary N) is 5. The van der Waals surface area contributed by atoms with E-state index in [2.05, 4.69) is 26.6 Å². The van der Waals surface area contributed by atoms with E-state index in [1.54, 1.807) is 18.2 Å². The van der Waals surface area contributed by atoms with E-state index in [1.807, 2.05) is 0 Å². The fraction of sp³-hybridized carbons (Fsp3) is 0.464. The van der Waals surface area contributed by atoms with Gasteiger partial charge >= 0.3 is 17.9 Å². The molecular weight excluding hydrogens is 598 g/mol. The molecule has 5 amide bonds. The van der Waals surface area contributed by atoms with Gasteiger partial charge in [0.25, 0.3) is 5.91 Å². The van der Waals surface area contributed by atoms with Crippen LogP contribution in [-0.4, -0.2) is 99.3 Å². The molecule has 0 spiro atoms. The standard InChI is InChI=1S/C28H37N5O12/c1-14(2)24(28(45)32-18(11-22(38)39)20(35)13-29-25(42)16-7-5-4-6-8-16)33-26(43)17(9-10-21(36)37)31-27(44)19(12-23(40)41)30-15(3)34/h4-8,14,17-19,24H,9-13H2,1-3H3,(H,29,42)(H,30,34)(H,31,44)(H,32,45)(H,33,43)(H,36,37)(H,38,39)(H,40,41)/t17-,18-,19-,24-/m0/s1. The van der Waals surface area contributed by atoms with Gasteiger partial charge in [0.05, 0.1) is 25.4 Å². The van der Waals surface area contributed by atoms with Gasteiger partial charge in [0, 0.05) is 18.9 Å². The number of carboxylic acid groups (broad SMARTS) is 3. The van der Waals surface area contributed by atoms with E-state index in [4.69, 9.17) is 10.2 Å². The van der Waals surface area contributed by atoms with E-state index in [-0.39, 0.29) is 5.56 Å². The van der Waals surface area contributed by atoms with Gasteiger partial charge in [-0.3, -0.25) is 43.2 Å². The van der Waals surface area contributed by atoms with Crippen LogP contribution in [0, 0.1) is 5.92 Å². The third-order valence-corrected chi connectivity index (χ3v) is 6.14. The first-order valence-corrected chi connectivity index (χ1v) is 13.7. The summed E-state index contributed by atoms with van der Waals surface area (Å²) in [5.41, 5.74) is 0.239. The number of Topliss-reactive ketones (excluding diaryl/α,β-unsaturated/α-hetero) is 1. The third kappa shape index (κ3) is 14.1. The first kappa shape index (κ1) is 37.7. The number of aliphatic carboxylic acids is 3. The minimum Gasteiger partial charge on any atom is -0.481 e. The lowest BCUT2D eigenvalue weighted by Gasteiger charge is -2.27. The van der Waals surface area contributed by atoms with Crippen molar-refractivity contribution in [3.63, 3.8) is 0 Å². The normalized spacial score (nSPS) is 13.2. The SMILES string of the molecule is CC(=O)N[C@@H](CC(=O)O)C(=O)N[C@@H](CCC(=O)O)C(=O)N[C@H](C(=O)N[C@@H](CC(=O)O)C(=O)CNC(=O)c1ccccc1)C(C)C. The molecule has 1 aromatic rings. The zero-order valence-electron chi connectivity index (χ0n) is 24.8. The molecule has 0 aliphatic carbocycles. The molecule has 0 aliphatic rings.